The summed E-state index contributed by atoms with van der Waals surface area (Å²) in [6.45, 7) is 0. The zero-order valence-electron chi connectivity index (χ0n) is 6.29. The second-order valence-electron chi connectivity index (χ2n) is 2.47. The third-order valence-corrected chi connectivity index (χ3v) is 3.42. The van der Waals surface area contributed by atoms with E-state index in [2.05, 4.69) is 0 Å². The molecule has 0 bridgehead atoms. The normalized spacial score (nSPS) is 19.1. The van der Waals surface area contributed by atoms with Crippen LogP contribution in [0.3, 0.4) is 0 Å². The fourth-order valence-corrected chi connectivity index (χ4v) is 2.43. The second-order valence-corrected chi connectivity index (χ2v) is 4.37. The Morgan fingerprint density at radius 2 is 2.15 bits per heavy atom. The van der Waals surface area contributed by atoms with Crippen LogP contribution in [0.25, 0.3) is 6.08 Å². The van der Waals surface area contributed by atoms with Gasteiger partial charge in [0.15, 0.2) is 0 Å². The molecule has 0 N–H and O–H groups in total. The Hall–Kier alpha value is -0.680. The molecule has 0 radical (unpaired) electrons. The van der Waals surface area contributed by atoms with Crippen molar-refractivity contribution in [1.29, 1.82) is 0 Å². The summed E-state index contributed by atoms with van der Waals surface area (Å²) >= 11 is -0.145. The van der Waals surface area contributed by atoms with Crippen molar-refractivity contribution in [3.63, 3.8) is 0 Å². The Labute approximate surface area is 80.6 Å². The van der Waals surface area contributed by atoms with Gasteiger partial charge in [-0.1, -0.05) is 0 Å². The average Bonchev–Trinajstić information content (AvgIpc) is 2.50. The van der Waals surface area contributed by atoms with Crippen LogP contribution >= 0.6 is 12.1 Å². The summed E-state index contributed by atoms with van der Waals surface area (Å²) in [4.78, 5) is 0.345. The molecule has 1 aliphatic heterocycles. The predicted molar refractivity (Wildman–Crippen MR) is 48.8 cm³/mol. The molecule has 13 heavy (non-hydrogen) atoms. The molecule has 1 aromatic rings. The zero-order chi connectivity index (χ0) is 9.42. The summed E-state index contributed by atoms with van der Waals surface area (Å²) in [6, 6.07) is 2.78. The highest BCUT2D eigenvalue weighted by Gasteiger charge is 2.19. The topological polar surface area (TPSA) is 17.1 Å². The largest absolute Gasteiger partial charge is 0.250 e. The molecule has 0 saturated carbocycles. The molecule has 0 amide bonds. The van der Waals surface area contributed by atoms with Crippen molar-refractivity contribution in [3.8, 4) is 0 Å². The van der Waals surface area contributed by atoms with Gasteiger partial charge in [0.2, 0.25) is 0 Å². The van der Waals surface area contributed by atoms with Crippen LogP contribution in [-0.2, 0) is 10.8 Å². The number of benzene rings is 1. The van der Waals surface area contributed by atoms with Crippen molar-refractivity contribution in [2.45, 2.75) is 9.79 Å². The molecule has 1 nitrogen and oxygen atoms in total. The number of rotatable bonds is 1. The molecule has 1 atom stereocenters. The average molecular weight is 218 g/mol. The lowest BCUT2D eigenvalue weighted by molar-refractivity contribution is 0.592. The van der Waals surface area contributed by atoms with E-state index in [1.165, 1.54) is 23.6 Å². The van der Waals surface area contributed by atoms with Gasteiger partial charge in [-0.05, 0) is 18.2 Å². The van der Waals surface area contributed by atoms with E-state index in [1.54, 1.807) is 0 Å². The SMILES string of the molecule is O=S1C=Cc2c1ccc(SF)c2F. The molecule has 0 aromatic heterocycles. The fourth-order valence-electron chi connectivity index (χ4n) is 1.15. The van der Waals surface area contributed by atoms with Gasteiger partial charge in [-0.3, -0.25) is 0 Å². The van der Waals surface area contributed by atoms with Gasteiger partial charge in [-0.15, -0.1) is 0 Å². The standard InChI is InChI=1S/C8H4F2OS2/c9-8-5-3-4-13(11)7(5)2-1-6(8)12-10/h1-4H. The monoisotopic (exact) mass is 218 g/mol. The third kappa shape index (κ3) is 1.32. The maximum Gasteiger partial charge on any atom is 0.147 e. The summed E-state index contributed by atoms with van der Waals surface area (Å²) in [7, 11) is -1.27. The van der Waals surface area contributed by atoms with Crippen molar-refractivity contribution in [3.05, 3.63) is 28.9 Å². The summed E-state index contributed by atoms with van der Waals surface area (Å²) in [6.07, 6.45) is 1.42. The highest BCUT2D eigenvalue weighted by Crippen LogP contribution is 2.32. The van der Waals surface area contributed by atoms with E-state index in [0.29, 0.717) is 4.90 Å². The van der Waals surface area contributed by atoms with Crippen LogP contribution in [-0.4, -0.2) is 4.21 Å². The number of halogens is 2. The first-order valence-corrected chi connectivity index (χ1v) is 5.37. The van der Waals surface area contributed by atoms with Gasteiger partial charge in [0.1, 0.15) is 5.82 Å². The lowest BCUT2D eigenvalue weighted by Crippen LogP contribution is -1.90. The highest BCUT2D eigenvalue weighted by molar-refractivity contribution is 7.94. The first kappa shape index (κ1) is 8.90. The van der Waals surface area contributed by atoms with Gasteiger partial charge >= 0.3 is 0 Å². The molecular formula is C8H4F2OS2. The second kappa shape index (κ2) is 3.23. The van der Waals surface area contributed by atoms with Crippen LogP contribution in [0.15, 0.2) is 27.3 Å². The van der Waals surface area contributed by atoms with Crippen molar-refractivity contribution in [2.24, 2.45) is 0 Å². The summed E-state index contributed by atoms with van der Waals surface area (Å²) in [5.41, 5.74) is 0.237. The molecule has 5 heteroatoms. The van der Waals surface area contributed by atoms with E-state index in [4.69, 9.17) is 0 Å². The Morgan fingerprint density at radius 3 is 2.85 bits per heavy atom. The van der Waals surface area contributed by atoms with Gasteiger partial charge < -0.3 is 0 Å². The minimum atomic E-state index is -1.27. The molecular weight excluding hydrogens is 214 g/mol. The van der Waals surface area contributed by atoms with Crippen molar-refractivity contribution < 1.29 is 12.5 Å². The summed E-state index contributed by atoms with van der Waals surface area (Å²) in [5, 5.41) is 1.39. The number of hydrogen-bond donors (Lipinski definition) is 0. The smallest absolute Gasteiger partial charge is 0.147 e. The maximum atomic E-state index is 13.3. The Balaban J connectivity index is 2.66. The van der Waals surface area contributed by atoms with E-state index >= 15 is 0 Å². The minimum absolute atomic E-state index is 0.0673. The van der Waals surface area contributed by atoms with Crippen molar-refractivity contribution in [1.82, 2.24) is 0 Å². The molecule has 1 heterocycles. The van der Waals surface area contributed by atoms with Crippen LogP contribution in [0, 0.1) is 5.82 Å². The third-order valence-electron chi connectivity index (χ3n) is 1.76. The first-order valence-electron chi connectivity index (χ1n) is 3.44. The lowest BCUT2D eigenvalue weighted by atomic mass is 10.2. The van der Waals surface area contributed by atoms with Crippen LogP contribution in [0.5, 0.6) is 0 Å². The predicted octanol–water partition coefficient (Wildman–Crippen LogP) is 2.89. The summed E-state index contributed by atoms with van der Waals surface area (Å²) in [5.74, 6) is -0.632. The molecule has 1 unspecified atom stereocenters. The fraction of sp³-hybridized carbons (Fsp3) is 0. The lowest BCUT2D eigenvalue weighted by Gasteiger charge is -2.01. The van der Waals surface area contributed by atoms with E-state index < -0.39 is 16.6 Å². The quantitative estimate of drug-likeness (QED) is 0.721. The van der Waals surface area contributed by atoms with Crippen LogP contribution in [0.2, 0.25) is 0 Å². The number of hydrogen-bond acceptors (Lipinski definition) is 2. The zero-order valence-corrected chi connectivity index (χ0v) is 7.92. The van der Waals surface area contributed by atoms with Crippen molar-refractivity contribution in [2.75, 3.05) is 0 Å². The van der Waals surface area contributed by atoms with Gasteiger partial charge in [-0.25, -0.2) is 8.60 Å². The minimum Gasteiger partial charge on any atom is -0.250 e. The Kier molecular flexibility index (Phi) is 2.21. The van der Waals surface area contributed by atoms with E-state index in [-0.39, 0.29) is 22.6 Å². The Morgan fingerprint density at radius 1 is 1.38 bits per heavy atom. The maximum absolute atomic E-state index is 13.3. The molecule has 0 spiro atoms. The van der Waals surface area contributed by atoms with Crippen LogP contribution in [0.4, 0.5) is 8.28 Å². The van der Waals surface area contributed by atoms with Gasteiger partial charge in [0, 0.05) is 11.0 Å². The molecule has 0 fully saturated rings. The highest BCUT2D eigenvalue weighted by atomic mass is 32.2. The molecule has 0 saturated heterocycles. The Bertz CT molecular complexity index is 415. The van der Waals surface area contributed by atoms with Crippen molar-refractivity contribution >= 4 is 29.0 Å². The van der Waals surface area contributed by atoms with Crippen LogP contribution < -0.4 is 0 Å². The molecule has 2 rings (SSSR count). The van der Waals surface area contributed by atoms with E-state index in [0.717, 1.165) is 0 Å². The van der Waals surface area contributed by atoms with E-state index in [1.807, 2.05) is 0 Å². The molecule has 0 aliphatic carbocycles. The van der Waals surface area contributed by atoms with Gasteiger partial charge in [0.05, 0.1) is 32.7 Å². The first-order chi connectivity index (χ1) is 6.24. The van der Waals surface area contributed by atoms with Gasteiger partial charge in [0.25, 0.3) is 0 Å². The van der Waals surface area contributed by atoms with Crippen LogP contribution in [0.1, 0.15) is 5.56 Å². The van der Waals surface area contributed by atoms with Gasteiger partial charge in [-0.2, -0.15) is 3.89 Å². The summed E-state index contributed by atoms with van der Waals surface area (Å²) < 4.78 is 36.6. The van der Waals surface area contributed by atoms with E-state index in [9.17, 15) is 12.5 Å². The molecule has 1 aromatic carbocycles. The molecule has 68 valence electrons. The number of fused-ring (bicyclic) bond motifs is 1. The molecule has 1 aliphatic rings.